The maximum atomic E-state index is 2.45. The van der Waals surface area contributed by atoms with Crippen LogP contribution in [0, 0.1) is 0 Å². The molecular weight excluding hydrogens is 581 g/mol. The van der Waals surface area contributed by atoms with Crippen molar-refractivity contribution >= 4 is 71.2 Å². The molecule has 224 valence electrons. The molecule has 48 heavy (non-hydrogen) atoms. The lowest BCUT2D eigenvalue weighted by molar-refractivity contribution is 1.20. The van der Waals surface area contributed by atoms with Crippen molar-refractivity contribution in [2.75, 3.05) is 4.90 Å². The van der Waals surface area contributed by atoms with Crippen molar-refractivity contribution in [2.45, 2.75) is 0 Å². The highest BCUT2D eigenvalue weighted by Gasteiger charge is 2.20. The molecule has 0 spiro atoms. The van der Waals surface area contributed by atoms with Crippen LogP contribution in [0.15, 0.2) is 182 Å². The fourth-order valence-electron chi connectivity index (χ4n) is 7.78. The third kappa shape index (κ3) is 4.00. The highest BCUT2D eigenvalue weighted by molar-refractivity contribution is 6.27. The van der Waals surface area contributed by atoms with Crippen molar-refractivity contribution in [3.05, 3.63) is 182 Å². The monoisotopic (exact) mass is 610 g/mol. The van der Waals surface area contributed by atoms with Crippen LogP contribution in [0.2, 0.25) is 0 Å². The zero-order valence-corrected chi connectivity index (χ0v) is 26.2. The van der Waals surface area contributed by atoms with Gasteiger partial charge < -0.3 is 9.47 Å². The van der Waals surface area contributed by atoms with E-state index in [0.29, 0.717) is 0 Å². The second-order valence-corrected chi connectivity index (χ2v) is 12.5. The minimum Gasteiger partial charge on any atom is -0.310 e. The molecule has 2 heteroatoms. The van der Waals surface area contributed by atoms with Gasteiger partial charge in [-0.2, -0.15) is 0 Å². The van der Waals surface area contributed by atoms with Crippen LogP contribution in [0.25, 0.3) is 70.9 Å². The Hall–Kier alpha value is -6.38. The Morgan fingerprint density at radius 2 is 0.833 bits per heavy atom. The van der Waals surface area contributed by atoms with E-state index in [4.69, 9.17) is 0 Å². The van der Waals surface area contributed by atoms with Gasteiger partial charge in [-0.25, -0.2) is 0 Å². The zero-order chi connectivity index (χ0) is 31.6. The van der Waals surface area contributed by atoms with E-state index in [-0.39, 0.29) is 0 Å². The lowest BCUT2D eigenvalue weighted by Crippen LogP contribution is -2.10. The first-order chi connectivity index (χ1) is 23.8. The van der Waals surface area contributed by atoms with Gasteiger partial charge in [0, 0.05) is 32.9 Å². The molecule has 0 bridgehead atoms. The summed E-state index contributed by atoms with van der Waals surface area (Å²) in [6.07, 6.45) is 0. The van der Waals surface area contributed by atoms with E-state index < -0.39 is 0 Å². The molecule has 1 aromatic heterocycles. The SMILES string of the molecule is c1ccc(-c2ccc(N(c3ccccc3)c3ccc4ccc5c(-n6c7ccccc7c7ccccc76)ccc6ccc3c4c65)cc2)cc1. The van der Waals surface area contributed by atoms with Crippen LogP contribution in [-0.4, -0.2) is 4.57 Å². The van der Waals surface area contributed by atoms with Crippen molar-refractivity contribution in [3.63, 3.8) is 0 Å². The van der Waals surface area contributed by atoms with E-state index in [1.165, 1.54) is 70.9 Å². The number of rotatable bonds is 5. The van der Waals surface area contributed by atoms with Gasteiger partial charge >= 0.3 is 0 Å². The van der Waals surface area contributed by atoms with Crippen LogP contribution >= 0.6 is 0 Å². The van der Waals surface area contributed by atoms with Gasteiger partial charge in [0.15, 0.2) is 0 Å². The third-order valence-electron chi connectivity index (χ3n) is 9.93. The highest BCUT2D eigenvalue weighted by Crippen LogP contribution is 2.45. The average Bonchev–Trinajstić information content (AvgIpc) is 3.49. The Morgan fingerprint density at radius 1 is 0.333 bits per heavy atom. The van der Waals surface area contributed by atoms with E-state index in [2.05, 4.69) is 191 Å². The fourth-order valence-corrected chi connectivity index (χ4v) is 7.78. The molecule has 0 saturated heterocycles. The summed E-state index contributed by atoms with van der Waals surface area (Å²) >= 11 is 0. The minimum absolute atomic E-state index is 1.13. The van der Waals surface area contributed by atoms with E-state index in [0.717, 1.165) is 17.1 Å². The standard InChI is InChI=1S/C46H30N2/c1-3-11-31(12-4-1)32-19-25-36(26-20-32)47(35-13-5-2-6-14-35)43-29-23-33-22-28-40-44(30-24-34-21-27-39(43)45(33)46(34)40)48-41-17-9-7-15-37(41)38-16-8-10-18-42(38)48/h1-30H. The van der Waals surface area contributed by atoms with Gasteiger partial charge in [-0.1, -0.05) is 133 Å². The van der Waals surface area contributed by atoms with Gasteiger partial charge in [-0.3, -0.25) is 0 Å². The van der Waals surface area contributed by atoms with Gasteiger partial charge in [0.1, 0.15) is 0 Å². The second-order valence-electron chi connectivity index (χ2n) is 12.5. The largest absolute Gasteiger partial charge is 0.310 e. The van der Waals surface area contributed by atoms with Crippen LogP contribution in [0.1, 0.15) is 0 Å². The first-order valence-corrected chi connectivity index (χ1v) is 16.5. The summed E-state index contributed by atoms with van der Waals surface area (Å²) in [7, 11) is 0. The first-order valence-electron chi connectivity index (χ1n) is 16.5. The number of fused-ring (bicyclic) bond motifs is 3. The van der Waals surface area contributed by atoms with Gasteiger partial charge in [0.25, 0.3) is 0 Å². The predicted molar refractivity (Wildman–Crippen MR) is 205 cm³/mol. The van der Waals surface area contributed by atoms with Crippen molar-refractivity contribution in [1.82, 2.24) is 4.57 Å². The quantitative estimate of drug-likeness (QED) is 0.176. The first kappa shape index (κ1) is 26.8. The molecule has 0 N–H and O–H groups in total. The fraction of sp³-hybridized carbons (Fsp3) is 0. The van der Waals surface area contributed by atoms with Crippen molar-refractivity contribution < 1.29 is 0 Å². The molecule has 0 atom stereocenters. The maximum Gasteiger partial charge on any atom is 0.0541 e. The molecule has 9 aromatic carbocycles. The number of anilines is 3. The van der Waals surface area contributed by atoms with Crippen LogP contribution < -0.4 is 4.90 Å². The topological polar surface area (TPSA) is 8.17 Å². The van der Waals surface area contributed by atoms with Crippen LogP contribution in [0.5, 0.6) is 0 Å². The van der Waals surface area contributed by atoms with Crippen molar-refractivity contribution in [3.8, 4) is 16.8 Å². The molecule has 0 radical (unpaired) electrons. The Morgan fingerprint density at radius 3 is 1.52 bits per heavy atom. The summed E-state index contributed by atoms with van der Waals surface area (Å²) in [4.78, 5) is 2.40. The Bertz CT molecular complexity index is 2710. The molecule has 1 heterocycles. The molecule has 0 aliphatic rings. The molecule has 10 rings (SSSR count). The Balaban J connectivity index is 1.22. The van der Waals surface area contributed by atoms with E-state index in [1.807, 2.05) is 0 Å². The van der Waals surface area contributed by atoms with Crippen LogP contribution in [0.3, 0.4) is 0 Å². The molecule has 10 aromatic rings. The minimum atomic E-state index is 1.13. The average molecular weight is 611 g/mol. The molecule has 0 aliphatic carbocycles. The van der Waals surface area contributed by atoms with E-state index in [1.54, 1.807) is 0 Å². The second kappa shape index (κ2) is 10.6. The lowest BCUT2D eigenvalue weighted by Gasteiger charge is -2.28. The lowest BCUT2D eigenvalue weighted by atomic mass is 9.92. The molecule has 0 fully saturated rings. The van der Waals surface area contributed by atoms with Crippen LogP contribution in [0.4, 0.5) is 17.1 Å². The predicted octanol–water partition coefficient (Wildman–Crippen LogP) is 12.8. The Kier molecular flexibility index (Phi) is 5.91. The molecule has 0 unspecified atom stereocenters. The number of benzene rings is 9. The number of aromatic nitrogens is 1. The van der Waals surface area contributed by atoms with Crippen molar-refractivity contribution in [1.29, 1.82) is 0 Å². The number of hydrogen-bond acceptors (Lipinski definition) is 1. The summed E-state index contributed by atoms with van der Waals surface area (Å²) in [5.74, 6) is 0. The van der Waals surface area contributed by atoms with Crippen molar-refractivity contribution in [2.24, 2.45) is 0 Å². The number of para-hydroxylation sites is 3. The number of hydrogen-bond donors (Lipinski definition) is 0. The summed E-state index contributed by atoms with van der Waals surface area (Å²) < 4.78 is 2.45. The summed E-state index contributed by atoms with van der Waals surface area (Å²) in [5, 5.41) is 10.1. The Labute approximate surface area is 278 Å². The molecule has 0 aliphatic heterocycles. The molecule has 0 amide bonds. The highest BCUT2D eigenvalue weighted by atomic mass is 15.1. The van der Waals surface area contributed by atoms with Gasteiger partial charge in [0.2, 0.25) is 0 Å². The summed E-state index contributed by atoms with van der Waals surface area (Å²) in [6.45, 7) is 0. The van der Waals surface area contributed by atoms with E-state index >= 15 is 0 Å². The zero-order valence-electron chi connectivity index (χ0n) is 26.2. The van der Waals surface area contributed by atoms with Crippen LogP contribution in [-0.2, 0) is 0 Å². The van der Waals surface area contributed by atoms with Gasteiger partial charge in [0.05, 0.1) is 22.4 Å². The molecule has 0 saturated carbocycles. The third-order valence-corrected chi connectivity index (χ3v) is 9.93. The number of nitrogens with zero attached hydrogens (tertiary/aromatic N) is 2. The summed E-state index contributed by atoms with van der Waals surface area (Å²) in [6, 6.07) is 66.2. The molecule has 2 nitrogen and oxygen atoms in total. The summed E-state index contributed by atoms with van der Waals surface area (Å²) in [5.41, 5.74) is 9.51. The van der Waals surface area contributed by atoms with E-state index in [9.17, 15) is 0 Å². The smallest absolute Gasteiger partial charge is 0.0541 e. The van der Waals surface area contributed by atoms with Gasteiger partial charge in [-0.15, -0.1) is 0 Å². The van der Waals surface area contributed by atoms with Gasteiger partial charge in [-0.05, 0) is 81.2 Å². The molecular formula is C46H30N2. The normalized spacial score (nSPS) is 11.8. The maximum absolute atomic E-state index is 2.45.